The van der Waals surface area contributed by atoms with Gasteiger partial charge in [0.05, 0.1) is 13.0 Å². The zero-order valence-electron chi connectivity index (χ0n) is 16.7. The number of halogens is 2. The van der Waals surface area contributed by atoms with E-state index in [4.69, 9.17) is 4.74 Å². The van der Waals surface area contributed by atoms with Crippen LogP contribution >= 0.6 is 11.3 Å². The number of aliphatic carboxylic acids is 1. The molecule has 4 rings (SSSR count). The predicted molar refractivity (Wildman–Crippen MR) is 112 cm³/mol. The monoisotopic (exact) mass is 447 g/mol. The van der Waals surface area contributed by atoms with Gasteiger partial charge in [-0.05, 0) is 58.1 Å². The number of rotatable bonds is 7. The molecule has 0 saturated carbocycles. The minimum atomic E-state index is -3.06. The van der Waals surface area contributed by atoms with Gasteiger partial charge in [0.1, 0.15) is 11.0 Å². The van der Waals surface area contributed by atoms with Gasteiger partial charge in [0.25, 0.3) is 0 Å². The molecule has 2 N–H and O–H groups in total. The Balaban J connectivity index is 1.97. The normalized spacial score (nSPS) is 12.7. The van der Waals surface area contributed by atoms with Gasteiger partial charge in [-0.3, -0.25) is 4.79 Å². The average Bonchev–Trinajstić information content (AvgIpc) is 3.34. The second-order valence-electron chi connectivity index (χ2n) is 7.21. The lowest BCUT2D eigenvalue weighted by molar-refractivity contribution is -0.137. The molecule has 1 atom stereocenters. The third kappa shape index (κ3) is 3.84. The third-order valence-corrected chi connectivity index (χ3v) is 6.33. The summed E-state index contributed by atoms with van der Waals surface area (Å²) in [5, 5.41) is 30.2. The molecule has 0 bridgehead atoms. The van der Waals surface area contributed by atoms with Crippen LogP contribution in [0, 0.1) is 6.92 Å². The number of ether oxygens (including phenoxy) is 1. The Labute approximate surface area is 179 Å². The summed E-state index contributed by atoms with van der Waals surface area (Å²) in [6.45, 7) is -1.51. The van der Waals surface area contributed by atoms with Gasteiger partial charge >= 0.3 is 12.6 Å². The van der Waals surface area contributed by atoms with Crippen molar-refractivity contribution in [2.75, 3.05) is 0 Å². The van der Waals surface area contributed by atoms with E-state index in [0.717, 1.165) is 10.1 Å². The Hall–Kier alpha value is -3.11. The first-order chi connectivity index (χ1) is 14.8. The minimum absolute atomic E-state index is 0.118. The molecule has 2 aromatic carbocycles. The highest BCUT2D eigenvalue weighted by Gasteiger charge is 2.26. The number of hydrogen-bond donors (Lipinski definition) is 2. The maximum atomic E-state index is 13.1. The highest BCUT2D eigenvalue weighted by atomic mass is 32.1. The highest BCUT2D eigenvalue weighted by molar-refractivity contribution is 7.17. The number of fused-ring (bicyclic) bond motifs is 2. The molecular weight excluding hydrogens is 428 g/mol. The summed E-state index contributed by atoms with van der Waals surface area (Å²) in [6.07, 6.45) is -0.277. The van der Waals surface area contributed by atoms with Crippen LogP contribution in [0.3, 0.4) is 0 Å². The number of aromatic nitrogens is 3. The van der Waals surface area contributed by atoms with Crippen molar-refractivity contribution in [1.82, 2.24) is 15.0 Å². The molecule has 2 heterocycles. The fraction of sp³-hybridized carbons (Fsp3) is 0.286. The second-order valence-corrected chi connectivity index (χ2v) is 8.12. The van der Waals surface area contributed by atoms with Crippen LogP contribution in [0.25, 0.3) is 21.1 Å². The summed E-state index contributed by atoms with van der Waals surface area (Å²) in [5.74, 6) is -1.83. The molecule has 4 aromatic rings. The SMILES string of the molecule is Cc1c([C@H](CC(=O)O)c2cc(CO)c3sccc3c2)cc(OC(F)F)c2c1nnn2C. The first kappa shape index (κ1) is 21.1. The Kier molecular flexibility index (Phi) is 5.59. The van der Waals surface area contributed by atoms with Crippen molar-refractivity contribution in [2.45, 2.75) is 32.5 Å². The maximum Gasteiger partial charge on any atom is 0.387 e. The second kappa shape index (κ2) is 8.20. The van der Waals surface area contributed by atoms with E-state index in [1.54, 1.807) is 20.0 Å². The van der Waals surface area contributed by atoms with Crippen LogP contribution in [-0.2, 0) is 18.4 Å². The number of benzene rings is 2. The Morgan fingerprint density at radius 1 is 1.32 bits per heavy atom. The Morgan fingerprint density at radius 3 is 2.77 bits per heavy atom. The lowest BCUT2D eigenvalue weighted by atomic mass is 9.84. The number of alkyl halides is 2. The smallest absolute Gasteiger partial charge is 0.387 e. The number of carboxylic acids is 1. The van der Waals surface area contributed by atoms with E-state index >= 15 is 0 Å². The zero-order chi connectivity index (χ0) is 22.3. The fourth-order valence-electron chi connectivity index (χ4n) is 3.97. The standard InChI is InChI=1S/C21H19F2N3O4S/c1-10-14(7-16(30-21(22)23)19-18(10)24-25-26(19)2)15(8-17(28)29)12-5-11-3-4-31-20(11)13(6-12)9-27/h3-7,15,21,27H,8-9H2,1-2H3,(H,28,29)/t15-/m1/s1. The van der Waals surface area contributed by atoms with Crippen molar-refractivity contribution in [3.8, 4) is 5.75 Å². The van der Waals surface area contributed by atoms with E-state index in [1.165, 1.54) is 22.1 Å². The molecule has 0 amide bonds. The fourth-order valence-corrected chi connectivity index (χ4v) is 4.86. The molecule has 0 spiro atoms. The van der Waals surface area contributed by atoms with Gasteiger partial charge in [-0.1, -0.05) is 11.3 Å². The van der Waals surface area contributed by atoms with Gasteiger partial charge < -0.3 is 14.9 Å². The number of nitrogens with zero attached hydrogens (tertiary/aromatic N) is 3. The number of carboxylic acid groups (broad SMARTS) is 1. The summed E-state index contributed by atoms with van der Waals surface area (Å²) >= 11 is 1.49. The van der Waals surface area contributed by atoms with Crippen molar-refractivity contribution < 1.29 is 28.5 Å². The van der Waals surface area contributed by atoms with E-state index in [2.05, 4.69) is 10.3 Å². The van der Waals surface area contributed by atoms with Gasteiger partial charge in [0.15, 0.2) is 5.75 Å². The van der Waals surface area contributed by atoms with Gasteiger partial charge in [-0.2, -0.15) is 8.78 Å². The molecule has 2 aromatic heterocycles. The molecule has 0 aliphatic heterocycles. The molecule has 7 nitrogen and oxygen atoms in total. The van der Waals surface area contributed by atoms with Crippen LogP contribution in [0.4, 0.5) is 8.78 Å². The third-order valence-electron chi connectivity index (χ3n) is 5.33. The lowest BCUT2D eigenvalue weighted by Crippen LogP contribution is -2.12. The molecular formula is C21H19F2N3O4S. The van der Waals surface area contributed by atoms with Crippen LogP contribution in [0.2, 0.25) is 0 Å². The number of thiophene rings is 1. The van der Waals surface area contributed by atoms with Gasteiger partial charge in [0.2, 0.25) is 0 Å². The number of aliphatic hydroxyl groups excluding tert-OH is 1. The zero-order valence-corrected chi connectivity index (χ0v) is 17.5. The van der Waals surface area contributed by atoms with Crippen LogP contribution in [0.5, 0.6) is 5.75 Å². The van der Waals surface area contributed by atoms with Crippen LogP contribution in [0.1, 0.15) is 34.6 Å². The Bertz CT molecular complexity index is 1280. The summed E-state index contributed by atoms with van der Waals surface area (Å²) in [6, 6.07) is 6.97. The van der Waals surface area contributed by atoms with E-state index in [9.17, 15) is 23.8 Å². The molecule has 31 heavy (non-hydrogen) atoms. The van der Waals surface area contributed by atoms with Crippen LogP contribution in [0.15, 0.2) is 29.6 Å². The lowest BCUT2D eigenvalue weighted by Gasteiger charge is -2.21. The molecule has 0 aliphatic carbocycles. The van der Waals surface area contributed by atoms with Crippen molar-refractivity contribution in [1.29, 1.82) is 0 Å². The number of aryl methyl sites for hydroxylation is 2. The summed E-state index contributed by atoms with van der Waals surface area (Å²) in [7, 11) is 1.57. The number of hydrogen-bond acceptors (Lipinski definition) is 6. The largest absolute Gasteiger partial charge is 0.481 e. The predicted octanol–water partition coefficient (Wildman–Crippen LogP) is 4.19. The van der Waals surface area contributed by atoms with E-state index < -0.39 is 18.5 Å². The number of carbonyl (C=O) groups is 1. The van der Waals surface area contributed by atoms with Crippen molar-refractivity contribution in [2.24, 2.45) is 7.05 Å². The molecule has 10 heteroatoms. The summed E-state index contributed by atoms with van der Waals surface area (Å²) < 4.78 is 33.2. The van der Waals surface area contributed by atoms with E-state index in [1.807, 2.05) is 17.5 Å². The van der Waals surface area contributed by atoms with Gasteiger partial charge in [0, 0.05) is 17.7 Å². The topological polar surface area (TPSA) is 97.5 Å². The molecule has 0 unspecified atom stereocenters. The van der Waals surface area contributed by atoms with Crippen molar-refractivity contribution in [3.05, 3.63) is 51.9 Å². The first-order valence-electron chi connectivity index (χ1n) is 9.40. The van der Waals surface area contributed by atoms with Crippen molar-refractivity contribution >= 4 is 38.4 Å². The molecule has 0 aliphatic rings. The van der Waals surface area contributed by atoms with E-state index in [-0.39, 0.29) is 18.8 Å². The summed E-state index contributed by atoms with van der Waals surface area (Å²) in [4.78, 5) is 11.7. The molecule has 0 fully saturated rings. The first-order valence-corrected chi connectivity index (χ1v) is 10.3. The van der Waals surface area contributed by atoms with Crippen LogP contribution < -0.4 is 4.74 Å². The quantitative estimate of drug-likeness (QED) is 0.441. The van der Waals surface area contributed by atoms with Gasteiger partial charge in [-0.25, -0.2) is 4.68 Å². The average molecular weight is 447 g/mol. The maximum absolute atomic E-state index is 13.1. The number of aliphatic hydroxyl groups is 1. The van der Waals surface area contributed by atoms with Crippen LogP contribution in [-0.4, -0.2) is 37.8 Å². The van der Waals surface area contributed by atoms with Crippen molar-refractivity contribution in [3.63, 3.8) is 0 Å². The van der Waals surface area contributed by atoms with Gasteiger partial charge in [-0.15, -0.1) is 16.4 Å². The molecule has 0 radical (unpaired) electrons. The minimum Gasteiger partial charge on any atom is -0.481 e. The van der Waals surface area contributed by atoms with E-state index in [0.29, 0.717) is 33.3 Å². The molecule has 0 saturated heterocycles. The molecule has 162 valence electrons. The summed E-state index contributed by atoms with van der Waals surface area (Å²) in [5.41, 5.74) is 3.15. The highest BCUT2D eigenvalue weighted by Crippen LogP contribution is 2.40. The Morgan fingerprint density at radius 2 is 2.10 bits per heavy atom.